The fourth-order valence-electron chi connectivity index (χ4n) is 2.98. The Kier molecular flexibility index (Phi) is 5.20. The summed E-state index contributed by atoms with van der Waals surface area (Å²) in [6.07, 6.45) is 6.33. The first-order chi connectivity index (χ1) is 11.6. The number of hydrogen-bond donors (Lipinski definition) is 1. The van der Waals surface area contributed by atoms with E-state index in [0.717, 1.165) is 17.0 Å². The quantitative estimate of drug-likeness (QED) is 0.465. The van der Waals surface area contributed by atoms with Crippen LogP contribution in [0.1, 0.15) is 39.0 Å². The van der Waals surface area contributed by atoms with Crippen molar-refractivity contribution in [2.75, 3.05) is 5.43 Å². The number of non-ortho nitro benzene ring substituents is 1. The maximum absolute atomic E-state index is 10.9. The summed E-state index contributed by atoms with van der Waals surface area (Å²) in [6.45, 7) is 2.07. The molecule has 1 aromatic carbocycles. The molecule has 6 nitrogen and oxygen atoms in total. The van der Waals surface area contributed by atoms with Crippen molar-refractivity contribution in [2.24, 2.45) is 11.0 Å². The molecule has 0 bridgehead atoms. The van der Waals surface area contributed by atoms with Gasteiger partial charge in [-0.2, -0.15) is 5.10 Å². The van der Waals surface area contributed by atoms with Gasteiger partial charge in [-0.25, -0.2) is 4.98 Å². The first-order valence-corrected chi connectivity index (χ1v) is 9.02. The summed E-state index contributed by atoms with van der Waals surface area (Å²) in [5, 5.41) is 17.9. The van der Waals surface area contributed by atoms with E-state index in [9.17, 15) is 10.1 Å². The van der Waals surface area contributed by atoms with Crippen LogP contribution >= 0.6 is 11.3 Å². The number of thiazole rings is 1. The van der Waals surface area contributed by atoms with Gasteiger partial charge in [0.25, 0.3) is 5.69 Å². The standard InChI is InChI=1S/C17H20N4O2S/c1-12(13-6-3-2-4-7-13)19-20-17-18-16(11-24-17)14-8-5-9-15(10-14)21(22)23/h5,8-11,13H,2-4,6-7H2,1H3,(H,18,20)/b19-12-. The van der Waals surface area contributed by atoms with Crippen LogP contribution < -0.4 is 5.43 Å². The number of hydrogen-bond acceptors (Lipinski definition) is 6. The van der Waals surface area contributed by atoms with Gasteiger partial charge in [0, 0.05) is 28.8 Å². The Labute approximate surface area is 144 Å². The summed E-state index contributed by atoms with van der Waals surface area (Å²) in [5.74, 6) is 0.572. The van der Waals surface area contributed by atoms with Gasteiger partial charge in [0.05, 0.1) is 10.6 Å². The van der Waals surface area contributed by atoms with Crippen LogP contribution in [0, 0.1) is 16.0 Å². The van der Waals surface area contributed by atoms with Crippen LogP contribution in [0.25, 0.3) is 11.3 Å². The van der Waals surface area contributed by atoms with Crippen molar-refractivity contribution >= 4 is 27.9 Å². The molecule has 0 atom stereocenters. The molecule has 1 saturated carbocycles. The van der Waals surface area contributed by atoms with E-state index in [1.165, 1.54) is 55.6 Å². The van der Waals surface area contributed by atoms with E-state index in [2.05, 4.69) is 22.4 Å². The topological polar surface area (TPSA) is 80.4 Å². The van der Waals surface area contributed by atoms with Gasteiger partial charge in [-0.05, 0) is 25.7 Å². The van der Waals surface area contributed by atoms with Crippen molar-refractivity contribution in [3.63, 3.8) is 0 Å². The Bertz CT molecular complexity index is 751. The minimum atomic E-state index is -0.396. The molecule has 1 aliphatic rings. The number of rotatable bonds is 5. The second-order valence-electron chi connectivity index (χ2n) is 6.05. The minimum Gasteiger partial charge on any atom is -0.258 e. The molecular weight excluding hydrogens is 324 g/mol. The fourth-order valence-corrected chi connectivity index (χ4v) is 3.65. The summed E-state index contributed by atoms with van der Waals surface area (Å²) < 4.78 is 0. The third kappa shape index (κ3) is 3.97. The molecule has 2 aromatic rings. The van der Waals surface area contributed by atoms with E-state index >= 15 is 0 Å². The minimum absolute atomic E-state index is 0.0705. The Balaban J connectivity index is 1.69. The van der Waals surface area contributed by atoms with E-state index < -0.39 is 4.92 Å². The molecule has 0 unspecified atom stereocenters. The zero-order chi connectivity index (χ0) is 16.9. The summed E-state index contributed by atoms with van der Waals surface area (Å²) in [4.78, 5) is 15.0. The number of benzene rings is 1. The molecular formula is C17H20N4O2S. The molecule has 3 rings (SSSR count). The van der Waals surface area contributed by atoms with E-state index in [1.807, 2.05) is 11.4 Å². The highest BCUT2D eigenvalue weighted by Crippen LogP contribution is 2.28. The van der Waals surface area contributed by atoms with Gasteiger partial charge in [0.15, 0.2) is 0 Å². The molecule has 1 aromatic heterocycles. The van der Waals surface area contributed by atoms with Crippen molar-refractivity contribution in [1.82, 2.24) is 4.98 Å². The van der Waals surface area contributed by atoms with Crippen LogP contribution in [-0.2, 0) is 0 Å². The zero-order valence-corrected chi connectivity index (χ0v) is 14.4. The number of hydrazone groups is 1. The maximum Gasteiger partial charge on any atom is 0.270 e. The summed E-state index contributed by atoms with van der Waals surface area (Å²) in [6, 6.07) is 6.51. The smallest absolute Gasteiger partial charge is 0.258 e. The van der Waals surface area contributed by atoms with Crippen molar-refractivity contribution in [2.45, 2.75) is 39.0 Å². The second-order valence-corrected chi connectivity index (χ2v) is 6.90. The third-order valence-corrected chi connectivity index (χ3v) is 5.13. The SMILES string of the molecule is C/C(=N/Nc1nc(-c2cccc([N+](=O)[O-])c2)cs1)C1CCCCC1. The Hall–Kier alpha value is -2.28. The Morgan fingerprint density at radius 2 is 2.17 bits per heavy atom. The van der Waals surface area contributed by atoms with Crippen LogP contribution in [0.5, 0.6) is 0 Å². The van der Waals surface area contributed by atoms with E-state index in [4.69, 9.17) is 0 Å². The van der Waals surface area contributed by atoms with Gasteiger partial charge >= 0.3 is 0 Å². The molecule has 0 amide bonds. The van der Waals surface area contributed by atoms with Gasteiger partial charge in [-0.1, -0.05) is 31.4 Å². The molecule has 24 heavy (non-hydrogen) atoms. The summed E-state index contributed by atoms with van der Waals surface area (Å²) >= 11 is 1.45. The number of nitrogens with one attached hydrogen (secondary N) is 1. The van der Waals surface area contributed by atoms with Crippen LogP contribution in [0.3, 0.4) is 0 Å². The molecule has 0 spiro atoms. The highest BCUT2D eigenvalue weighted by Gasteiger charge is 2.16. The van der Waals surface area contributed by atoms with Gasteiger partial charge in [0.1, 0.15) is 0 Å². The monoisotopic (exact) mass is 344 g/mol. The lowest BCUT2D eigenvalue weighted by Crippen LogP contribution is -2.16. The van der Waals surface area contributed by atoms with Crippen LogP contribution in [-0.4, -0.2) is 15.6 Å². The fraction of sp³-hybridized carbons (Fsp3) is 0.412. The molecule has 0 radical (unpaired) electrons. The Morgan fingerprint density at radius 3 is 2.92 bits per heavy atom. The number of aromatic nitrogens is 1. The molecule has 1 fully saturated rings. The van der Waals surface area contributed by atoms with Gasteiger partial charge in [0.2, 0.25) is 5.13 Å². The van der Waals surface area contributed by atoms with Crippen molar-refractivity contribution in [3.05, 3.63) is 39.8 Å². The summed E-state index contributed by atoms with van der Waals surface area (Å²) in [7, 11) is 0. The van der Waals surface area contributed by atoms with Crippen LogP contribution in [0.4, 0.5) is 10.8 Å². The van der Waals surface area contributed by atoms with Crippen molar-refractivity contribution in [1.29, 1.82) is 0 Å². The Morgan fingerprint density at radius 1 is 1.38 bits per heavy atom. The molecule has 7 heteroatoms. The second kappa shape index (κ2) is 7.53. The highest BCUT2D eigenvalue weighted by atomic mass is 32.1. The van der Waals surface area contributed by atoms with Crippen molar-refractivity contribution in [3.8, 4) is 11.3 Å². The molecule has 0 saturated heterocycles. The van der Waals surface area contributed by atoms with E-state index in [-0.39, 0.29) is 5.69 Å². The summed E-state index contributed by atoms with van der Waals surface area (Å²) in [5.41, 5.74) is 5.68. The number of nitro groups is 1. The largest absolute Gasteiger partial charge is 0.270 e. The average molecular weight is 344 g/mol. The van der Waals surface area contributed by atoms with Gasteiger partial charge in [-0.3, -0.25) is 15.5 Å². The predicted octanol–water partition coefficient (Wildman–Crippen LogP) is 5.09. The normalized spacial score (nSPS) is 16.1. The number of nitro benzene ring substituents is 1. The van der Waals surface area contributed by atoms with E-state index in [0.29, 0.717) is 11.0 Å². The molecule has 0 aliphatic heterocycles. The number of anilines is 1. The molecule has 126 valence electrons. The van der Waals surface area contributed by atoms with Crippen LogP contribution in [0.15, 0.2) is 34.7 Å². The molecule has 1 aliphatic carbocycles. The predicted molar refractivity (Wildman–Crippen MR) is 97.5 cm³/mol. The zero-order valence-electron chi connectivity index (χ0n) is 13.6. The highest BCUT2D eigenvalue weighted by molar-refractivity contribution is 7.14. The first-order valence-electron chi connectivity index (χ1n) is 8.14. The van der Waals surface area contributed by atoms with Crippen molar-refractivity contribution < 1.29 is 4.92 Å². The lowest BCUT2D eigenvalue weighted by molar-refractivity contribution is -0.384. The third-order valence-electron chi connectivity index (χ3n) is 4.38. The van der Waals surface area contributed by atoms with E-state index in [1.54, 1.807) is 6.07 Å². The van der Waals surface area contributed by atoms with Gasteiger partial charge < -0.3 is 0 Å². The molecule has 1 N–H and O–H groups in total. The average Bonchev–Trinajstić information content (AvgIpc) is 3.09. The lowest BCUT2D eigenvalue weighted by atomic mass is 9.86. The lowest BCUT2D eigenvalue weighted by Gasteiger charge is -2.20. The first kappa shape index (κ1) is 16.6. The maximum atomic E-state index is 10.9. The van der Waals surface area contributed by atoms with Gasteiger partial charge in [-0.15, -0.1) is 11.3 Å². The number of nitrogens with zero attached hydrogens (tertiary/aromatic N) is 3. The van der Waals surface area contributed by atoms with Crippen LogP contribution in [0.2, 0.25) is 0 Å². The molecule has 1 heterocycles.